The number of rotatable bonds is 7. The van der Waals surface area contributed by atoms with Gasteiger partial charge in [0.25, 0.3) is 0 Å². The maximum atomic E-state index is 16.6. The van der Waals surface area contributed by atoms with Crippen molar-refractivity contribution in [2.75, 3.05) is 44.2 Å². The highest BCUT2D eigenvalue weighted by molar-refractivity contribution is 6.01. The fraction of sp³-hybridized carbons (Fsp3) is 0.471. The highest BCUT2D eigenvalue weighted by Gasteiger charge is 2.45. The normalized spacial score (nSPS) is 23.3. The number of phenols is 1. The van der Waals surface area contributed by atoms with Crippen LogP contribution in [0.1, 0.15) is 44.9 Å². The molecule has 0 spiro atoms. The van der Waals surface area contributed by atoms with Crippen LogP contribution in [0.15, 0.2) is 42.5 Å². The first-order valence-electron chi connectivity index (χ1n) is 15.7. The van der Waals surface area contributed by atoms with Crippen LogP contribution in [0.4, 0.5) is 14.6 Å². The summed E-state index contributed by atoms with van der Waals surface area (Å²) in [4.78, 5) is 14.4. The Kier molecular flexibility index (Phi) is 6.63. The number of anilines is 1. The molecular weight excluding hydrogens is 548 g/mol. The van der Waals surface area contributed by atoms with Crippen molar-refractivity contribution in [1.82, 2.24) is 20.2 Å². The molecule has 4 fully saturated rings. The van der Waals surface area contributed by atoms with Gasteiger partial charge in [0.1, 0.15) is 22.9 Å². The summed E-state index contributed by atoms with van der Waals surface area (Å²) >= 11 is 0. The maximum absolute atomic E-state index is 16.6. The number of likely N-dealkylation sites (tertiary alicyclic amines) is 1. The van der Waals surface area contributed by atoms with E-state index in [4.69, 9.17) is 9.72 Å². The monoisotopic (exact) mass is 585 g/mol. The number of hydrogen-bond acceptors (Lipinski definition) is 7. The maximum Gasteiger partial charge on any atom is 0.319 e. The summed E-state index contributed by atoms with van der Waals surface area (Å²) in [5, 5.41) is 15.9. The SMILES string of the molecule is Oc1cc(-c2ccc3c(N4CC5CCC(C4)N5)nc(OCC4(CN5CCCCC5)CC4)nc3c2F)c2cc(F)ccc2c1. The molecule has 7 nitrogen and oxygen atoms in total. The molecule has 9 heteroatoms. The molecule has 2 unspecified atom stereocenters. The van der Waals surface area contributed by atoms with Gasteiger partial charge in [0, 0.05) is 48.1 Å². The molecule has 4 aliphatic rings. The van der Waals surface area contributed by atoms with Gasteiger partial charge in [-0.2, -0.15) is 9.97 Å². The first-order chi connectivity index (χ1) is 20.9. The smallest absolute Gasteiger partial charge is 0.319 e. The van der Waals surface area contributed by atoms with Crippen molar-refractivity contribution in [3.63, 3.8) is 0 Å². The Balaban J connectivity index is 1.19. The zero-order chi connectivity index (χ0) is 29.1. The van der Waals surface area contributed by atoms with Crippen LogP contribution in [0.3, 0.4) is 0 Å². The van der Waals surface area contributed by atoms with Crippen LogP contribution in [-0.4, -0.2) is 71.4 Å². The number of piperazine rings is 1. The number of benzene rings is 3. The van der Waals surface area contributed by atoms with Crippen molar-refractivity contribution in [3.05, 3.63) is 54.1 Å². The number of ether oxygens (including phenoxy) is 1. The summed E-state index contributed by atoms with van der Waals surface area (Å²) in [7, 11) is 0. The van der Waals surface area contributed by atoms with Gasteiger partial charge in [-0.25, -0.2) is 8.78 Å². The Hall–Kier alpha value is -3.56. The number of piperidine rings is 1. The van der Waals surface area contributed by atoms with E-state index in [1.165, 1.54) is 37.5 Å². The van der Waals surface area contributed by atoms with E-state index in [2.05, 4.69) is 20.1 Å². The third-order valence-corrected chi connectivity index (χ3v) is 9.95. The average molecular weight is 586 g/mol. The lowest BCUT2D eigenvalue weighted by atomic mass is 9.96. The molecule has 43 heavy (non-hydrogen) atoms. The third-order valence-electron chi connectivity index (χ3n) is 9.95. The summed E-state index contributed by atoms with van der Waals surface area (Å²) in [6, 6.07) is 11.8. The third kappa shape index (κ3) is 5.16. The van der Waals surface area contributed by atoms with Gasteiger partial charge in [-0.1, -0.05) is 18.6 Å². The van der Waals surface area contributed by atoms with Crippen molar-refractivity contribution in [1.29, 1.82) is 0 Å². The number of aromatic hydroxyl groups is 1. The summed E-state index contributed by atoms with van der Waals surface area (Å²) in [5.74, 6) is -0.278. The molecule has 1 aromatic heterocycles. The van der Waals surface area contributed by atoms with Crippen molar-refractivity contribution in [2.24, 2.45) is 5.41 Å². The first-order valence-corrected chi connectivity index (χ1v) is 15.7. The minimum Gasteiger partial charge on any atom is -0.508 e. The van der Waals surface area contributed by atoms with Crippen molar-refractivity contribution < 1.29 is 18.6 Å². The number of phenolic OH excluding ortho intramolecular Hbond substituents is 1. The minimum atomic E-state index is -0.533. The van der Waals surface area contributed by atoms with Crippen molar-refractivity contribution in [2.45, 2.75) is 57.0 Å². The van der Waals surface area contributed by atoms with Crippen LogP contribution in [0, 0.1) is 17.0 Å². The topological polar surface area (TPSA) is 73.8 Å². The second-order valence-electron chi connectivity index (χ2n) is 13.2. The lowest BCUT2D eigenvalue weighted by molar-refractivity contribution is 0.139. The van der Waals surface area contributed by atoms with Gasteiger partial charge in [-0.15, -0.1) is 0 Å². The molecule has 1 aliphatic carbocycles. The zero-order valence-electron chi connectivity index (χ0n) is 24.3. The Morgan fingerprint density at radius 2 is 1.70 bits per heavy atom. The van der Waals surface area contributed by atoms with E-state index in [9.17, 15) is 9.50 Å². The van der Waals surface area contributed by atoms with Crippen LogP contribution < -0.4 is 15.0 Å². The van der Waals surface area contributed by atoms with E-state index >= 15 is 4.39 Å². The van der Waals surface area contributed by atoms with Gasteiger partial charge >= 0.3 is 6.01 Å². The molecule has 2 bridgehead atoms. The largest absolute Gasteiger partial charge is 0.508 e. The highest BCUT2D eigenvalue weighted by atomic mass is 19.1. The molecule has 0 amide bonds. The fourth-order valence-electron chi connectivity index (χ4n) is 7.48. The predicted octanol–water partition coefficient (Wildman–Crippen LogP) is 6.02. The van der Waals surface area contributed by atoms with E-state index in [1.54, 1.807) is 18.2 Å². The van der Waals surface area contributed by atoms with E-state index in [-0.39, 0.29) is 28.3 Å². The summed E-state index contributed by atoms with van der Waals surface area (Å²) in [6.45, 7) is 5.41. The number of nitrogens with one attached hydrogen (secondary N) is 1. The number of halogens is 2. The van der Waals surface area contributed by atoms with Crippen molar-refractivity contribution in [3.8, 4) is 22.9 Å². The zero-order valence-corrected chi connectivity index (χ0v) is 24.3. The van der Waals surface area contributed by atoms with Gasteiger partial charge in [-0.05, 0) is 98.3 Å². The molecule has 0 radical (unpaired) electrons. The number of aromatic nitrogens is 2. The lowest BCUT2D eigenvalue weighted by Gasteiger charge is -2.34. The second-order valence-corrected chi connectivity index (χ2v) is 13.2. The van der Waals surface area contributed by atoms with Crippen LogP contribution in [0.25, 0.3) is 32.8 Å². The van der Waals surface area contributed by atoms with Gasteiger partial charge in [0.15, 0.2) is 5.82 Å². The molecule has 224 valence electrons. The molecule has 2 N–H and O–H groups in total. The van der Waals surface area contributed by atoms with E-state index in [0.717, 1.165) is 58.4 Å². The van der Waals surface area contributed by atoms with E-state index in [0.29, 0.717) is 46.2 Å². The van der Waals surface area contributed by atoms with Crippen LogP contribution in [-0.2, 0) is 0 Å². The molecule has 2 atom stereocenters. The van der Waals surface area contributed by atoms with Gasteiger partial charge in [0.2, 0.25) is 0 Å². The van der Waals surface area contributed by atoms with E-state index in [1.807, 2.05) is 6.07 Å². The summed E-state index contributed by atoms with van der Waals surface area (Å²) < 4.78 is 37.3. The molecule has 4 aromatic rings. The molecule has 3 aliphatic heterocycles. The minimum absolute atomic E-state index is 0.0132. The lowest BCUT2D eigenvalue weighted by Crippen LogP contribution is -2.51. The molecule has 8 rings (SSSR count). The van der Waals surface area contributed by atoms with Crippen LogP contribution in [0.5, 0.6) is 11.8 Å². The molecular formula is C34H37F2N5O2. The molecule has 3 saturated heterocycles. The van der Waals surface area contributed by atoms with Gasteiger partial charge < -0.3 is 25.0 Å². The summed E-state index contributed by atoms with van der Waals surface area (Å²) in [5.41, 5.74) is 0.945. The molecule has 4 heterocycles. The summed E-state index contributed by atoms with van der Waals surface area (Å²) in [6.07, 6.45) is 8.28. The Morgan fingerprint density at radius 3 is 2.47 bits per heavy atom. The average Bonchev–Trinajstić information content (AvgIpc) is 3.70. The Morgan fingerprint density at radius 1 is 0.907 bits per heavy atom. The number of nitrogens with zero attached hydrogens (tertiary/aromatic N) is 4. The van der Waals surface area contributed by atoms with Gasteiger partial charge in [0.05, 0.1) is 6.61 Å². The molecule has 3 aromatic carbocycles. The van der Waals surface area contributed by atoms with E-state index < -0.39 is 11.6 Å². The predicted molar refractivity (Wildman–Crippen MR) is 164 cm³/mol. The second kappa shape index (κ2) is 10.6. The van der Waals surface area contributed by atoms with Crippen LogP contribution in [0.2, 0.25) is 0 Å². The molecule has 1 saturated carbocycles. The standard InChI is InChI=1S/C34H37F2N5O2/c35-22-5-4-21-14-25(42)16-29(28(21)15-22)26-8-9-27-31(30(26)36)38-33(39-32(27)41-17-23-6-7-24(18-41)37-23)43-20-34(10-11-34)19-40-12-2-1-3-13-40/h4-5,8-9,14-16,23-24,37,42H,1-3,6-7,10-13,17-20H2. The Labute approximate surface area is 249 Å². The highest BCUT2D eigenvalue weighted by Crippen LogP contribution is 2.47. The van der Waals surface area contributed by atoms with Crippen molar-refractivity contribution >= 4 is 27.5 Å². The number of hydrogen-bond donors (Lipinski definition) is 2. The quantitative estimate of drug-likeness (QED) is 0.275. The number of fused-ring (bicyclic) bond motifs is 4. The van der Waals surface area contributed by atoms with Gasteiger partial charge in [-0.3, -0.25) is 0 Å². The van der Waals surface area contributed by atoms with Crippen LogP contribution >= 0.6 is 0 Å². The fourth-order valence-corrected chi connectivity index (χ4v) is 7.48. The first kappa shape index (κ1) is 27.0. The Bertz CT molecular complexity index is 1690.